The molecule has 4 rings (SSSR count). The molecule has 1 saturated heterocycles. The van der Waals surface area contributed by atoms with Gasteiger partial charge in [-0.15, -0.1) is 0 Å². The van der Waals surface area contributed by atoms with Crippen LogP contribution in [0.2, 0.25) is 0 Å². The van der Waals surface area contributed by atoms with Gasteiger partial charge >= 0.3 is 5.69 Å². The van der Waals surface area contributed by atoms with Crippen LogP contribution in [0, 0.1) is 6.92 Å². The molecule has 3 heterocycles. The summed E-state index contributed by atoms with van der Waals surface area (Å²) in [6, 6.07) is 13.2. The number of allylic oxidation sites excluding steroid dienone is 1. The summed E-state index contributed by atoms with van der Waals surface area (Å²) in [6.07, 6.45) is 5.28. The van der Waals surface area contributed by atoms with E-state index in [1.807, 2.05) is 26.0 Å². The van der Waals surface area contributed by atoms with Crippen molar-refractivity contribution in [3.05, 3.63) is 70.2 Å². The van der Waals surface area contributed by atoms with Crippen LogP contribution in [0.25, 0.3) is 11.0 Å². The van der Waals surface area contributed by atoms with Gasteiger partial charge in [0.2, 0.25) is 5.88 Å². The van der Waals surface area contributed by atoms with E-state index in [4.69, 9.17) is 9.72 Å². The first-order valence-corrected chi connectivity index (χ1v) is 13.9. The molecule has 4 atom stereocenters. The van der Waals surface area contributed by atoms with Gasteiger partial charge in [-0.25, -0.2) is 9.78 Å². The Morgan fingerprint density at radius 2 is 1.86 bits per heavy atom. The van der Waals surface area contributed by atoms with Crippen LogP contribution in [-0.4, -0.2) is 48.7 Å². The number of anilines is 1. The zero-order valence-electron chi connectivity index (χ0n) is 22.0. The van der Waals surface area contributed by atoms with Gasteiger partial charge in [-0.05, 0) is 68.3 Å². The SMILES string of the molecule is CC=CC1CN(C(C)c2ccc(C)cc2)[C@H](CC)CN1c1nc(=O)n(C)c2ccc(OC(C)I)nc12. The maximum Gasteiger partial charge on any atom is 0.349 e. The monoisotopic (exact) mass is 601 g/mol. The second-order valence-electron chi connectivity index (χ2n) is 9.55. The maximum absolute atomic E-state index is 12.9. The van der Waals surface area contributed by atoms with Gasteiger partial charge in [0.15, 0.2) is 5.82 Å². The number of hydrogen-bond acceptors (Lipinski definition) is 6. The smallest absolute Gasteiger partial charge is 0.349 e. The van der Waals surface area contributed by atoms with Crippen LogP contribution in [0.3, 0.4) is 0 Å². The number of benzene rings is 1. The molecule has 36 heavy (non-hydrogen) atoms. The van der Waals surface area contributed by atoms with E-state index in [9.17, 15) is 4.79 Å². The lowest BCUT2D eigenvalue weighted by atomic mass is 9.97. The summed E-state index contributed by atoms with van der Waals surface area (Å²) < 4.78 is 7.41. The summed E-state index contributed by atoms with van der Waals surface area (Å²) in [4.78, 5) is 27.1. The highest BCUT2D eigenvalue weighted by Gasteiger charge is 2.36. The number of ether oxygens (including phenoxy) is 1. The molecule has 7 nitrogen and oxygen atoms in total. The first-order valence-electron chi connectivity index (χ1n) is 12.6. The molecular formula is C28H36IN5O2. The first-order chi connectivity index (χ1) is 17.2. The molecule has 0 radical (unpaired) electrons. The minimum absolute atomic E-state index is 0.0245. The molecular weight excluding hydrogens is 565 g/mol. The van der Waals surface area contributed by atoms with Gasteiger partial charge in [0.25, 0.3) is 0 Å². The van der Waals surface area contributed by atoms with E-state index < -0.39 is 0 Å². The van der Waals surface area contributed by atoms with Gasteiger partial charge in [-0.3, -0.25) is 9.47 Å². The Hall–Kier alpha value is -2.46. The van der Waals surface area contributed by atoms with Crippen molar-refractivity contribution in [1.29, 1.82) is 0 Å². The Kier molecular flexibility index (Phi) is 8.34. The largest absolute Gasteiger partial charge is 0.464 e. The van der Waals surface area contributed by atoms with E-state index in [2.05, 4.69) is 94.6 Å². The molecule has 0 aliphatic carbocycles. The number of rotatable bonds is 7. The van der Waals surface area contributed by atoms with E-state index in [0.29, 0.717) is 23.3 Å². The summed E-state index contributed by atoms with van der Waals surface area (Å²) in [5.74, 6) is 1.16. The molecule has 8 heteroatoms. The Morgan fingerprint density at radius 3 is 2.50 bits per heavy atom. The Morgan fingerprint density at radius 1 is 1.14 bits per heavy atom. The minimum Gasteiger partial charge on any atom is -0.464 e. The van der Waals surface area contributed by atoms with Crippen LogP contribution in [0.1, 0.15) is 51.3 Å². The molecule has 0 spiro atoms. The third kappa shape index (κ3) is 5.44. The summed E-state index contributed by atoms with van der Waals surface area (Å²) in [6.45, 7) is 12.2. The van der Waals surface area contributed by atoms with Gasteiger partial charge in [-0.2, -0.15) is 4.98 Å². The fraction of sp³-hybridized carbons (Fsp3) is 0.464. The van der Waals surface area contributed by atoms with Gasteiger partial charge in [0.05, 0.1) is 11.6 Å². The number of aromatic nitrogens is 3. The zero-order valence-corrected chi connectivity index (χ0v) is 24.1. The predicted octanol–water partition coefficient (Wildman–Crippen LogP) is 5.40. The van der Waals surface area contributed by atoms with Crippen LogP contribution in [0.15, 0.2) is 53.3 Å². The van der Waals surface area contributed by atoms with Crippen molar-refractivity contribution in [2.45, 2.75) is 63.3 Å². The molecule has 1 fully saturated rings. The summed E-state index contributed by atoms with van der Waals surface area (Å²) in [5, 5.41) is 0. The fourth-order valence-electron chi connectivity index (χ4n) is 5.06. The Balaban J connectivity index is 1.77. The van der Waals surface area contributed by atoms with Gasteiger partial charge in [-0.1, -0.05) is 48.9 Å². The van der Waals surface area contributed by atoms with E-state index >= 15 is 0 Å². The number of aryl methyl sites for hydroxylation is 2. The number of pyridine rings is 1. The normalized spacial score (nSPS) is 20.7. The molecule has 0 amide bonds. The van der Waals surface area contributed by atoms with Crippen molar-refractivity contribution in [3.8, 4) is 5.88 Å². The number of alkyl halides is 1. The van der Waals surface area contributed by atoms with Gasteiger partial charge in [0, 0.05) is 38.3 Å². The number of halogens is 1. The number of hydrogen-bond donors (Lipinski definition) is 0. The molecule has 0 N–H and O–H groups in total. The van der Waals surface area contributed by atoms with Crippen molar-refractivity contribution in [1.82, 2.24) is 19.4 Å². The predicted molar refractivity (Wildman–Crippen MR) is 155 cm³/mol. The summed E-state index contributed by atoms with van der Waals surface area (Å²) in [7, 11) is 1.74. The van der Waals surface area contributed by atoms with Crippen molar-refractivity contribution < 1.29 is 4.74 Å². The third-order valence-electron chi connectivity index (χ3n) is 7.08. The van der Waals surface area contributed by atoms with E-state index in [-0.39, 0.29) is 21.9 Å². The molecule has 1 aliphatic rings. The lowest BCUT2D eigenvalue weighted by Crippen LogP contribution is -2.58. The average molecular weight is 602 g/mol. The topological polar surface area (TPSA) is 63.5 Å². The number of piperazine rings is 1. The minimum atomic E-state index is -0.280. The third-order valence-corrected chi connectivity index (χ3v) is 7.34. The summed E-state index contributed by atoms with van der Waals surface area (Å²) in [5.41, 5.74) is 3.75. The molecule has 2 aromatic heterocycles. The van der Waals surface area contributed by atoms with Crippen molar-refractivity contribution >= 4 is 39.4 Å². The van der Waals surface area contributed by atoms with Crippen molar-refractivity contribution in [2.24, 2.45) is 7.05 Å². The number of fused-ring (bicyclic) bond motifs is 1. The van der Waals surface area contributed by atoms with E-state index in [1.54, 1.807) is 11.6 Å². The molecule has 1 aliphatic heterocycles. The maximum atomic E-state index is 12.9. The fourth-order valence-corrected chi connectivity index (χ4v) is 5.32. The summed E-state index contributed by atoms with van der Waals surface area (Å²) >= 11 is 2.21. The molecule has 0 bridgehead atoms. The highest BCUT2D eigenvalue weighted by Crippen LogP contribution is 2.33. The quantitative estimate of drug-likeness (QED) is 0.205. The average Bonchev–Trinajstić information content (AvgIpc) is 2.86. The molecule has 3 aromatic rings. The molecule has 1 aromatic carbocycles. The van der Waals surface area contributed by atoms with Crippen molar-refractivity contribution in [2.75, 3.05) is 18.0 Å². The lowest BCUT2D eigenvalue weighted by molar-refractivity contribution is 0.111. The van der Waals surface area contributed by atoms with E-state index in [1.165, 1.54) is 11.1 Å². The van der Waals surface area contributed by atoms with Crippen LogP contribution >= 0.6 is 22.6 Å². The Labute approximate surface area is 227 Å². The zero-order chi connectivity index (χ0) is 26.0. The van der Waals surface area contributed by atoms with Gasteiger partial charge < -0.3 is 9.64 Å². The van der Waals surface area contributed by atoms with Crippen LogP contribution in [0.4, 0.5) is 5.82 Å². The molecule has 192 valence electrons. The highest BCUT2D eigenvalue weighted by molar-refractivity contribution is 14.1. The lowest BCUT2D eigenvalue weighted by Gasteiger charge is -2.48. The number of nitrogens with zero attached hydrogens (tertiary/aromatic N) is 5. The van der Waals surface area contributed by atoms with Crippen LogP contribution < -0.4 is 15.3 Å². The highest BCUT2D eigenvalue weighted by atomic mass is 127. The van der Waals surface area contributed by atoms with Crippen LogP contribution in [-0.2, 0) is 7.05 Å². The van der Waals surface area contributed by atoms with Gasteiger partial charge in [0.1, 0.15) is 9.63 Å². The Bertz CT molecular complexity index is 1290. The molecule has 0 saturated carbocycles. The first kappa shape index (κ1) is 26.6. The standard InChI is InChI=1S/C28H36IN5O2/c1-7-9-23-17-33(19(4)21-12-10-18(3)11-13-21)22(8-2)16-34(23)27-26-24(32(6)28(35)31-27)14-15-25(30-26)36-20(5)29/h7,9-15,19-20,22-23H,8,16-17H2,1-6H3/t19?,20?,22-,23?/m1/s1. The van der Waals surface area contributed by atoms with Crippen molar-refractivity contribution in [3.63, 3.8) is 0 Å². The van der Waals surface area contributed by atoms with E-state index in [0.717, 1.165) is 25.0 Å². The molecule has 3 unspecified atom stereocenters. The second kappa shape index (κ2) is 11.3. The second-order valence-corrected chi connectivity index (χ2v) is 11.3. The van der Waals surface area contributed by atoms with Crippen LogP contribution in [0.5, 0.6) is 5.88 Å².